The average Bonchev–Trinajstić information content (AvgIpc) is 2.90. The summed E-state index contributed by atoms with van der Waals surface area (Å²) in [6, 6.07) is 6.83. The zero-order valence-electron chi connectivity index (χ0n) is 10.1. The quantitative estimate of drug-likeness (QED) is 0.841. The molecule has 0 amide bonds. The van der Waals surface area contributed by atoms with Gasteiger partial charge < -0.3 is 5.11 Å². The second kappa shape index (κ2) is 6.25. The summed E-state index contributed by atoms with van der Waals surface area (Å²) in [7, 11) is -3.38. The van der Waals surface area contributed by atoms with E-state index in [1.54, 1.807) is 35.2 Å². The fourth-order valence-corrected chi connectivity index (χ4v) is 3.18. The van der Waals surface area contributed by atoms with Crippen LogP contribution in [0.1, 0.15) is 16.8 Å². The van der Waals surface area contributed by atoms with Crippen LogP contribution < -0.4 is 4.72 Å². The molecular weight excluding hydrogens is 284 g/mol. The zero-order chi connectivity index (χ0) is 13.7. The fourth-order valence-electron chi connectivity index (χ4n) is 1.52. The van der Waals surface area contributed by atoms with Gasteiger partial charge in [0, 0.05) is 5.38 Å². The van der Waals surface area contributed by atoms with E-state index in [2.05, 4.69) is 9.71 Å². The summed E-state index contributed by atoms with van der Waals surface area (Å²) < 4.78 is 26.2. The van der Waals surface area contributed by atoms with Gasteiger partial charge in [0.25, 0.3) is 0 Å². The highest BCUT2D eigenvalue weighted by molar-refractivity contribution is 7.88. The highest BCUT2D eigenvalue weighted by Gasteiger charge is 2.11. The first-order valence-electron chi connectivity index (χ1n) is 5.62. The minimum Gasteiger partial charge on any atom is -0.392 e. The molecular formula is C12H14N2O3S2. The molecule has 0 saturated carbocycles. The molecule has 1 heterocycles. The number of rotatable bonds is 6. The summed E-state index contributed by atoms with van der Waals surface area (Å²) in [5.74, 6) is -0.0805. The zero-order valence-corrected chi connectivity index (χ0v) is 11.7. The molecule has 0 saturated heterocycles. The molecule has 0 bridgehead atoms. The van der Waals surface area contributed by atoms with Gasteiger partial charge in [0.05, 0.1) is 30.1 Å². The maximum absolute atomic E-state index is 11.9. The molecule has 0 unspecified atom stereocenters. The van der Waals surface area contributed by atoms with Gasteiger partial charge in [-0.1, -0.05) is 24.3 Å². The maximum atomic E-state index is 11.9. The molecule has 1 aromatic heterocycles. The smallest absolute Gasteiger partial charge is 0.216 e. The Morgan fingerprint density at radius 3 is 2.47 bits per heavy atom. The molecule has 0 aliphatic carbocycles. The molecule has 5 nitrogen and oxygen atoms in total. The molecule has 2 N–H and O–H groups in total. The first kappa shape index (κ1) is 14.1. The highest BCUT2D eigenvalue weighted by Crippen LogP contribution is 2.08. The lowest BCUT2D eigenvalue weighted by atomic mass is 10.2. The minimum absolute atomic E-state index is 0.0465. The van der Waals surface area contributed by atoms with E-state index >= 15 is 0 Å². The van der Waals surface area contributed by atoms with Crippen LogP contribution in [0.3, 0.4) is 0 Å². The predicted octanol–water partition coefficient (Wildman–Crippen LogP) is 1.26. The van der Waals surface area contributed by atoms with E-state index in [-0.39, 0.29) is 18.9 Å². The number of hydrogen-bond acceptors (Lipinski definition) is 5. The van der Waals surface area contributed by atoms with Crippen LogP contribution in [0, 0.1) is 0 Å². The summed E-state index contributed by atoms with van der Waals surface area (Å²) in [6.07, 6.45) is 0. The third-order valence-electron chi connectivity index (χ3n) is 2.52. The Kier molecular flexibility index (Phi) is 4.65. The number of nitrogens with zero attached hydrogens (tertiary/aromatic N) is 1. The Labute approximate surface area is 116 Å². The summed E-state index contributed by atoms with van der Waals surface area (Å²) in [4.78, 5) is 4.01. The summed E-state index contributed by atoms with van der Waals surface area (Å²) in [5.41, 5.74) is 3.82. The first-order valence-corrected chi connectivity index (χ1v) is 8.21. The average molecular weight is 298 g/mol. The summed E-state index contributed by atoms with van der Waals surface area (Å²) >= 11 is 1.43. The molecule has 0 spiro atoms. The van der Waals surface area contributed by atoms with Crippen LogP contribution >= 0.6 is 11.3 Å². The number of aliphatic hydroxyl groups excluding tert-OH is 1. The van der Waals surface area contributed by atoms with Crippen LogP contribution in [0.2, 0.25) is 0 Å². The van der Waals surface area contributed by atoms with Crippen molar-refractivity contribution < 1.29 is 13.5 Å². The first-order chi connectivity index (χ1) is 9.09. The number of thiazole rings is 1. The fraction of sp³-hybridized carbons (Fsp3) is 0.250. The van der Waals surface area contributed by atoms with Gasteiger partial charge in [-0.2, -0.15) is 0 Å². The van der Waals surface area contributed by atoms with Crippen molar-refractivity contribution in [3.63, 3.8) is 0 Å². The number of benzene rings is 1. The van der Waals surface area contributed by atoms with E-state index in [9.17, 15) is 8.42 Å². The van der Waals surface area contributed by atoms with Crippen LogP contribution in [-0.4, -0.2) is 18.5 Å². The van der Waals surface area contributed by atoms with Gasteiger partial charge in [0.2, 0.25) is 10.0 Å². The lowest BCUT2D eigenvalue weighted by Gasteiger charge is -2.06. The molecule has 0 aliphatic rings. The van der Waals surface area contributed by atoms with Gasteiger partial charge in [-0.05, 0) is 11.1 Å². The van der Waals surface area contributed by atoms with Crippen molar-refractivity contribution in [1.82, 2.24) is 9.71 Å². The lowest BCUT2D eigenvalue weighted by Crippen LogP contribution is -2.24. The van der Waals surface area contributed by atoms with E-state index < -0.39 is 10.0 Å². The largest absolute Gasteiger partial charge is 0.392 e. The van der Waals surface area contributed by atoms with Crippen LogP contribution in [0.15, 0.2) is 35.2 Å². The minimum atomic E-state index is -3.38. The molecule has 7 heteroatoms. The van der Waals surface area contributed by atoms with Crippen molar-refractivity contribution in [1.29, 1.82) is 0 Å². The Balaban J connectivity index is 1.96. The molecule has 2 rings (SSSR count). The summed E-state index contributed by atoms with van der Waals surface area (Å²) in [5, 5.41) is 10.7. The van der Waals surface area contributed by atoms with Gasteiger partial charge in [-0.25, -0.2) is 18.1 Å². The molecule has 102 valence electrons. The monoisotopic (exact) mass is 298 g/mol. The van der Waals surface area contributed by atoms with Crippen molar-refractivity contribution in [2.24, 2.45) is 0 Å². The molecule has 0 atom stereocenters. The highest BCUT2D eigenvalue weighted by atomic mass is 32.2. The molecule has 0 fully saturated rings. The molecule has 0 radical (unpaired) electrons. The van der Waals surface area contributed by atoms with Crippen molar-refractivity contribution in [3.05, 3.63) is 52.0 Å². The van der Waals surface area contributed by atoms with Crippen molar-refractivity contribution >= 4 is 21.4 Å². The topological polar surface area (TPSA) is 79.3 Å². The van der Waals surface area contributed by atoms with Crippen LogP contribution in [0.5, 0.6) is 0 Å². The third-order valence-corrected chi connectivity index (χ3v) is 4.45. The Morgan fingerprint density at radius 1 is 1.21 bits per heavy atom. The molecule has 1 aromatic carbocycles. The second-order valence-electron chi connectivity index (χ2n) is 4.03. The van der Waals surface area contributed by atoms with E-state index in [1.165, 1.54) is 11.3 Å². The normalized spacial score (nSPS) is 11.6. The van der Waals surface area contributed by atoms with Gasteiger partial charge in [0.15, 0.2) is 0 Å². The Bertz CT molecular complexity index is 607. The van der Waals surface area contributed by atoms with Crippen molar-refractivity contribution in [3.8, 4) is 0 Å². The number of sulfonamides is 1. The third kappa shape index (κ3) is 4.39. The number of aromatic nitrogens is 1. The summed E-state index contributed by atoms with van der Waals surface area (Å²) in [6.45, 7) is 0.162. The molecule has 2 aromatic rings. The van der Waals surface area contributed by atoms with E-state index in [0.29, 0.717) is 11.3 Å². The van der Waals surface area contributed by atoms with Gasteiger partial charge in [-0.3, -0.25) is 0 Å². The SMILES string of the molecule is O=S(=O)(Cc1ccc(CO)cc1)NCc1cscn1. The van der Waals surface area contributed by atoms with Gasteiger partial charge in [-0.15, -0.1) is 11.3 Å². The maximum Gasteiger partial charge on any atom is 0.216 e. The second-order valence-corrected chi connectivity index (χ2v) is 6.56. The standard InChI is InChI=1S/C12H14N2O3S2/c15-6-10-1-3-11(4-2-10)8-19(16,17)14-5-12-7-18-9-13-12/h1-4,7,9,14-15H,5-6,8H2. The van der Waals surface area contributed by atoms with Crippen molar-refractivity contribution in [2.45, 2.75) is 18.9 Å². The Hall–Kier alpha value is -1.28. The number of hydrogen-bond donors (Lipinski definition) is 2. The number of nitrogens with one attached hydrogen (secondary N) is 1. The van der Waals surface area contributed by atoms with Crippen LogP contribution in [-0.2, 0) is 28.9 Å². The van der Waals surface area contributed by atoms with Gasteiger partial charge in [0.1, 0.15) is 0 Å². The molecule has 19 heavy (non-hydrogen) atoms. The van der Waals surface area contributed by atoms with E-state index in [4.69, 9.17) is 5.11 Å². The number of aliphatic hydroxyl groups is 1. The predicted molar refractivity (Wildman–Crippen MR) is 73.9 cm³/mol. The molecule has 0 aliphatic heterocycles. The lowest BCUT2D eigenvalue weighted by molar-refractivity contribution is 0.282. The van der Waals surface area contributed by atoms with Crippen LogP contribution in [0.4, 0.5) is 0 Å². The Morgan fingerprint density at radius 2 is 1.89 bits per heavy atom. The van der Waals surface area contributed by atoms with Crippen LogP contribution in [0.25, 0.3) is 0 Å². The van der Waals surface area contributed by atoms with Crippen molar-refractivity contribution in [2.75, 3.05) is 0 Å². The van der Waals surface area contributed by atoms with Gasteiger partial charge >= 0.3 is 0 Å². The van der Waals surface area contributed by atoms with E-state index in [1.807, 2.05) is 0 Å². The van der Waals surface area contributed by atoms with E-state index in [0.717, 1.165) is 5.56 Å².